The third-order valence-corrected chi connectivity index (χ3v) is 7.03. The number of anilines is 1. The van der Waals surface area contributed by atoms with Gasteiger partial charge in [0.15, 0.2) is 0 Å². The van der Waals surface area contributed by atoms with Crippen molar-refractivity contribution in [3.8, 4) is 11.5 Å². The highest BCUT2D eigenvalue weighted by molar-refractivity contribution is 5.94. The van der Waals surface area contributed by atoms with Crippen LogP contribution in [0.25, 0.3) is 0 Å². The molecule has 1 fully saturated rings. The van der Waals surface area contributed by atoms with Crippen LogP contribution in [0, 0.1) is 5.92 Å². The molecular weight excluding hydrogens is 458 g/mol. The number of piperidine rings is 1. The number of pyridine rings is 1. The van der Waals surface area contributed by atoms with Crippen molar-refractivity contribution in [3.63, 3.8) is 0 Å². The second-order valence-corrected chi connectivity index (χ2v) is 9.40. The minimum absolute atomic E-state index is 0.00874. The predicted molar refractivity (Wildman–Crippen MR) is 136 cm³/mol. The number of amides is 2. The Labute approximate surface area is 209 Å². The molecule has 36 heavy (non-hydrogen) atoms. The molecule has 8 heteroatoms. The van der Waals surface area contributed by atoms with Gasteiger partial charge in [-0.15, -0.1) is 0 Å². The summed E-state index contributed by atoms with van der Waals surface area (Å²) in [6.07, 6.45) is 1.11. The Hall–Kier alpha value is -4.07. The summed E-state index contributed by atoms with van der Waals surface area (Å²) in [7, 11) is 3.19. The van der Waals surface area contributed by atoms with Crippen molar-refractivity contribution < 1.29 is 19.1 Å². The van der Waals surface area contributed by atoms with Gasteiger partial charge in [0.2, 0.25) is 5.91 Å². The average Bonchev–Trinajstić information content (AvgIpc) is 2.90. The first-order valence-electron chi connectivity index (χ1n) is 12.0. The zero-order valence-corrected chi connectivity index (χ0v) is 20.4. The fraction of sp³-hybridized carbons (Fsp3) is 0.321. The van der Waals surface area contributed by atoms with Gasteiger partial charge in [0.1, 0.15) is 17.2 Å². The number of nitrogens with one attached hydrogen (secondary N) is 1. The van der Waals surface area contributed by atoms with E-state index in [2.05, 4.69) is 5.32 Å². The molecule has 1 N–H and O–H groups in total. The molecule has 2 aliphatic heterocycles. The molecule has 186 valence electrons. The molecule has 0 spiro atoms. The van der Waals surface area contributed by atoms with E-state index in [1.807, 2.05) is 23.1 Å². The molecule has 0 radical (unpaired) electrons. The van der Waals surface area contributed by atoms with Gasteiger partial charge in [0.05, 0.1) is 20.6 Å². The highest BCUT2D eigenvalue weighted by atomic mass is 16.5. The summed E-state index contributed by atoms with van der Waals surface area (Å²) in [5.41, 5.74) is 2.46. The molecule has 5 rings (SSSR count). The van der Waals surface area contributed by atoms with Crippen LogP contribution in [0.5, 0.6) is 11.5 Å². The van der Waals surface area contributed by atoms with Crippen LogP contribution in [-0.4, -0.2) is 48.6 Å². The minimum atomic E-state index is -0.245. The van der Waals surface area contributed by atoms with Crippen molar-refractivity contribution in [1.29, 1.82) is 0 Å². The SMILES string of the molecule is COc1ccc(CC(=O)Nc2ccc3n(c2=O)C[C@H]2C[C@@H]3CN(C(=O)c3ccc(OC)cc3)C2)cc1. The normalized spacial score (nSPS) is 18.2. The summed E-state index contributed by atoms with van der Waals surface area (Å²) in [6.45, 7) is 1.69. The van der Waals surface area contributed by atoms with Gasteiger partial charge in [-0.25, -0.2) is 0 Å². The number of hydrogen-bond acceptors (Lipinski definition) is 5. The van der Waals surface area contributed by atoms with Crippen molar-refractivity contribution in [2.45, 2.75) is 25.3 Å². The van der Waals surface area contributed by atoms with Crippen molar-refractivity contribution in [1.82, 2.24) is 9.47 Å². The predicted octanol–water partition coefficient (Wildman–Crippen LogP) is 3.31. The second kappa shape index (κ2) is 9.89. The Kier molecular flexibility index (Phi) is 6.50. The van der Waals surface area contributed by atoms with Crippen LogP contribution in [0.4, 0.5) is 5.69 Å². The molecule has 2 bridgehead atoms. The van der Waals surface area contributed by atoms with Crippen LogP contribution in [0.2, 0.25) is 0 Å². The van der Waals surface area contributed by atoms with Crippen LogP contribution < -0.4 is 20.3 Å². The van der Waals surface area contributed by atoms with Gasteiger partial charge in [0, 0.05) is 36.8 Å². The molecular formula is C28H29N3O5. The number of carbonyl (C=O) groups is 2. The van der Waals surface area contributed by atoms with E-state index in [1.54, 1.807) is 61.3 Å². The first kappa shape index (κ1) is 23.7. The van der Waals surface area contributed by atoms with Gasteiger partial charge >= 0.3 is 0 Å². The van der Waals surface area contributed by atoms with Crippen molar-refractivity contribution in [2.24, 2.45) is 5.92 Å². The Balaban J connectivity index is 1.29. The summed E-state index contributed by atoms with van der Waals surface area (Å²) in [6, 6.07) is 18.0. The van der Waals surface area contributed by atoms with E-state index in [1.165, 1.54) is 0 Å². The van der Waals surface area contributed by atoms with E-state index in [9.17, 15) is 14.4 Å². The lowest BCUT2D eigenvalue weighted by Gasteiger charge is -2.43. The molecule has 3 heterocycles. The fourth-order valence-electron chi connectivity index (χ4n) is 5.25. The molecule has 0 unspecified atom stereocenters. The lowest BCUT2D eigenvalue weighted by atomic mass is 9.83. The Morgan fingerprint density at radius 1 is 0.889 bits per heavy atom. The van der Waals surface area contributed by atoms with Crippen LogP contribution in [0.3, 0.4) is 0 Å². The summed E-state index contributed by atoms with van der Waals surface area (Å²) in [4.78, 5) is 40.9. The van der Waals surface area contributed by atoms with Gasteiger partial charge in [-0.05, 0) is 66.4 Å². The summed E-state index contributed by atoms with van der Waals surface area (Å²) < 4.78 is 12.1. The number of carbonyl (C=O) groups excluding carboxylic acids is 2. The van der Waals surface area contributed by atoms with E-state index < -0.39 is 0 Å². The van der Waals surface area contributed by atoms with E-state index in [4.69, 9.17) is 9.47 Å². The van der Waals surface area contributed by atoms with Crippen LogP contribution in [-0.2, 0) is 17.8 Å². The summed E-state index contributed by atoms with van der Waals surface area (Å²) in [5.74, 6) is 1.44. The quantitative estimate of drug-likeness (QED) is 0.576. The van der Waals surface area contributed by atoms with E-state index >= 15 is 0 Å². The lowest BCUT2D eigenvalue weighted by Crippen LogP contribution is -2.49. The third-order valence-electron chi connectivity index (χ3n) is 7.03. The third kappa shape index (κ3) is 4.71. The second-order valence-electron chi connectivity index (χ2n) is 9.40. The molecule has 3 aromatic rings. The number of nitrogens with zero attached hydrogens (tertiary/aromatic N) is 2. The highest BCUT2D eigenvalue weighted by Crippen LogP contribution is 2.36. The lowest BCUT2D eigenvalue weighted by molar-refractivity contribution is -0.115. The number of rotatable bonds is 6. The van der Waals surface area contributed by atoms with E-state index in [-0.39, 0.29) is 41.3 Å². The van der Waals surface area contributed by atoms with Crippen molar-refractivity contribution in [2.75, 3.05) is 32.6 Å². The maximum atomic E-state index is 13.3. The number of ether oxygens (including phenoxy) is 2. The van der Waals surface area contributed by atoms with Gasteiger partial charge in [-0.2, -0.15) is 0 Å². The fourth-order valence-corrected chi connectivity index (χ4v) is 5.25. The van der Waals surface area contributed by atoms with E-state index in [0.717, 1.165) is 23.4 Å². The molecule has 2 aliphatic rings. The Morgan fingerprint density at radius 2 is 1.56 bits per heavy atom. The van der Waals surface area contributed by atoms with Crippen molar-refractivity contribution >= 4 is 17.5 Å². The largest absolute Gasteiger partial charge is 0.497 e. The van der Waals surface area contributed by atoms with Gasteiger partial charge in [-0.1, -0.05) is 12.1 Å². The first-order chi connectivity index (χ1) is 17.4. The number of benzene rings is 2. The molecule has 2 amide bonds. The molecule has 0 aliphatic carbocycles. The van der Waals surface area contributed by atoms with Crippen LogP contribution >= 0.6 is 0 Å². The molecule has 0 saturated carbocycles. The van der Waals surface area contributed by atoms with Crippen LogP contribution in [0.1, 0.15) is 34.0 Å². The minimum Gasteiger partial charge on any atom is -0.497 e. The van der Waals surface area contributed by atoms with Gasteiger partial charge in [-0.3, -0.25) is 14.4 Å². The standard InChI is InChI=1S/C28H29N3O5/c1-35-22-7-3-18(4-8-22)14-26(32)29-24-11-12-25-21-13-19(16-31(25)28(24)34)15-30(17-21)27(33)20-5-9-23(36-2)10-6-20/h3-12,19,21H,13-17H2,1-2H3,(H,29,32)/t19-,21+/m0/s1. The van der Waals surface area contributed by atoms with Crippen molar-refractivity contribution in [3.05, 3.63) is 87.8 Å². The highest BCUT2D eigenvalue weighted by Gasteiger charge is 2.37. The smallest absolute Gasteiger partial charge is 0.274 e. The van der Waals surface area contributed by atoms with E-state index in [0.29, 0.717) is 30.9 Å². The number of likely N-dealkylation sites (tertiary alicyclic amines) is 1. The van der Waals surface area contributed by atoms with Crippen LogP contribution in [0.15, 0.2) is 65.5 Å². The van der Waals surface area contributed by atoms with Gasteiger partial charge < -0.3 is 24.3 Å². The molecule has 1 saturated heterocycles. The Morgan fingerprint density at radius 3 is 2.22 bits per heavy atom. The molecule has 2 aromatic carbocycles. The summed E-state index contributed by atoms with van der Waals surface area (Å²) >= 11 is 0. The number of aromatic nitrogens is 1. The summed E-state index contributed by atoms with van der Waals surface area (Å²) in [5, 5.41) is 2.78. The maximum absolute atomic E-state index is 13.3. The monoisotopic (exact) mass is 487 g/mol. The molecule has 2 atom stereocenters. The Bertz CT molecular complexity index is 1330. The number of methoxy groups -OCH3 is 2. The zero-order valence-electron chi connectivity index (χ0n) is 20.4. The molecule has 1 aromatic heterocycles. The number of hydrogen-bond donors (Lipinski definition) is 1. The first-order valence-corrected chi connectivity index (χ1v) is 12.0. The van der Waals surface area contributed by atoms with Gasteiger partial charge in [0.25, 0.3) is 11.5 Å². The maximum Gasteiger partial charge on any atom is 0.274 e. The number of fused-ring (bicyclic) bond motifs is 4. The topological polar surface area (TPSA) is 89.9 Å². The zero-order chi connectivity index (χ0) is 25.2. The molecule has 8 nitrogen and oxygen atoms in total. The average molecular weight is 488 g/mol.